The number of rotatable bonds is 4. The van der Waals surface area contributed by atoms with Crippen molar-refractivity contribution in [1.29, 1.82) is 0 Å². The van der Waals surface area contributed by atoms with E-state index in [9.17, 15) is 4.79 Å². The van der Waals surface area contributed by atoms with Gasteiger partial charge in [0.2, 0.25) is 5.91 Å². The normalized spacial score (nSPS) is 15.1. The largest absolute Gasteiger partial charge is 0.317 e. The molecule has 1 fully saturated rings. The first-order chi connectivity index (χ1) is 9.57. The van der Waals surface area contributed by atoms with Crippen LogP contribution in [-0.4, -0.2) is 21.2 Å². The Morgan fingerprint density at radius 2 is 2.19 bits per heavy atom. The highest BCUT2D eigenvalue weighted by atomic mass is 35.5. The van der Waals surface area contributed by atoms with Gasteiger partial charge in [0.25, 0.3) is 0 Å². The summed E-state index contributed by atoms with van der Waals surface area (Å²) in [4.78, 5) is 12.0. The zero-order valence-electron chi connectivity index (χ0n) is 11.3. The molecule has 1 saturated carbocycles. The first-order valence-electron chi connectivity index (χ1n) is 6.43. The van der Waals surface area contributed by atoms with Crippen molar-refractivity contribution in [2.75, 3.05) is 5.32 Å². The van der Waals surface area contributed by atoms with Crippen molar-refractivity contribution in [1.82, 2.24) is 9.78 Å². The molecule has 0 aliphatic heterocycles. The van der Waals surface area contributed by atoms with Gasteiger partial charge in [-0.2, -0.15) is 5.10 Å². The second-order valence-corrected chi connectivity index (χ2v) is 5.55. The van der Waals surface area contributed by atoms with Crippen molar-refractivity contribution >= 4 is 35.7 Å². The van der Waals surface area contributed by atoms with Crippen LogP contribution in [0.5, 0.6) is 0 Å². The molecule has 1 amide bonds. The molecule has 0 atom stereocenters. The lowest BCUT2D eigenvalue weighted by molar-refractivity contribution is -0.118. The molecule has 2 aromatic rings. The predicted octanol–water partition coefficient (Wildman–Crippen LogP) is 2.44. The van der Waals surface area contributed by atoms with Crippen LogP contribution in [0.4, 0.5) is 5.82 Å². The number of aromatic nitrogens is 2. The van der Waals surface area contributed by atoms with E-state index in [1.165, 1.54) is 0 Å². The van der Waals surface area contributed by atoms with Gasteiger partial charge >= 0.3 is 0 Å². The summed E-state index contributed by atoms with van der Waals surface area (Å²) in [5.74, 6) is 0.497. The minimum absolute atomic E-state index is 0. The summed E-state index contributed by atoms with van der Waals surface area (Å²) < 4.78 is 1.72. The Bertz CT molecular complexity index is 652. The first-order valence-corrected chi connectivity index (χ1v) is 6.81. The van der Waals surface area contributed by atoms with E-state index in [0.29, 0.717) is 17.4 Å². The molecule has 1 aromatic carbocycles. The van der Waals surface area contributed by atoms with Gasteiger partial charge in [-0.25, -0.2) is 4.68 Å². The maximum atomic E-state index is 12.0. The van der Waals surface area contributed by atoms with Gasteiger partial charge in [0.05, 0.1) is 18.3 Å². The third kappa shape index (κ3) is 3.56. The summed E-state index contributed by atoms with van der Waals surface area (Å²) in [7, 11) is 0. The number of carbonyl (C=O) groups excluding carboxylic acids is 1. The fraction of sp³-hybridized carbons (Fsp3) is 0.286. The second kappa shape index (κ2) is 6.05. The van der Waals surface area contributed by atoms with Gasteiger partial charge < -0.3 is 11.1 Å². The maximum absolute atomic E-state index is 12.0. The van der Waals surface area contributed by atoms with Gasteiger partial charge in [0, 0.05) is 11.1 Å². The average molecular weight is 327 g/mol. The Labute approximate surface area is 133 Å². The number of nitrogens with two attached hydrogens (primary N) is 1. The van der Waals surface area contributed by atoms with E-state index in [1.807, 2.05) is 24.3 Å². The third-order valence-electron chi connectivity index (χ3n) is 3.42. The lowest BCUT2D eigenvalue weighted by atomic mass is 10.2. The molecule has 3 rings (SSSR count). The van der Waals surface area contributed by atoms with Crippen LogP contribution in [0.3, 0.4) is 0 Å². The van der Waals surface area contributed by atoms with E-state index in [0.717, 1.165) is 18.4 Å². The van der Waals surface area contributed by atoms with Crippen molar-refractivity contribution in [3.63, 3.8) is 0 Å². The number of nitrogens with one attached hydrogen (secondary N) is 1. The Morgan fingerprint density at radius 3 is 2.86 bits per heavy atom. The molecule has 1 aliphatic rings. The highest BCUT2D eigenvalue weighted by molar-refractivity contribution is 6.30. The summed E-state index contributed by atoms with van der Waals surface area (Å²) in [5, 5.41) is 7.73. The fourth-order valence-electron chi connectivity index (χ4n) is 1.98. The molecule has 0 unspecified atom stereocenters. The summed E-state index contributed by atoms with van der Waals surface area (Å²) >= 11 is 5.96. The van der Waals surface area contributed by atoms with Crippen LogP contribution >= 0.6 is 24.0 Å². The Morgan fingerprint density at radius 1 is 1.43 bits per heavy atom. The molecular weight excluding hydrogens is 311 g/mol. The van der Waals surface area contributed by atoms with E-state index in [2.05, 4.69) is 10.4 Å². The number of amides is 1. The lowest BCUT2D eigenvalue weighted by Gasteiger charge is -2.12. The Hall–Kier alpha value is -1.56. The van der Waals surface area contributed by atoms with E-state index in [-0.39, 0.29) is 18.3 Å². The summed E-state index contributed by atoms with van der Waals surface area (Å²) in [5.41, 5.74) is 6.20. The van der Waals surface area contributed by atoms with Gasteiger partial charge in [0.1, 0.15) is 5.82 Å². The van der Waals surface area contributed by atoms with E-state index in [4.69, 9.17) is 17.3 Å². The standard InChI is InChI=1S/C14H15ClN4O.ClH/c15-11-3-1-2-10(8-11)9-19-12(4-7-17-19)18-13(20)14(16)5-6-14;/h1-4,7-8H,5-6,9,16H2,(H,18,20);1H. The highest BCUT2D eigenvalue weighted by Crippen LogP contribution is 2.33. The quantitative estimate of drug-likeness (QED) is 0.906. The summed E-state index contributed by atoms with van der Waals surface area (Å²) in [6.07, 6.45) is 3.12. The van der Waals surface area contributed by atoms with E-state index >= 15 is 0 Å². The molecule has 1 aromatic heterocycles. The molecular formula is C14H16Cl2N4O. The number of carbonyl (C=O) groups is 1. The van der Waals surface area contributed by atoms with Crippen LogP contribution in [0.15, 0.2) is 36.5 Å². The summed E-state index contributed by atoms with van der Waals surface area (Å²) in [6.45, 7) is 0.542. The van der Waals surface area contributed by atoms with Crippen molar-refractivity contribution in [3.05, 3.63) is 47.1 Å². The second-order valence-electron chi connectivity index (χ2n) is 5.11. The Balaban J connectivity index is 0.00000161. The summed E-state index contributed by atoms with van der Waals surface area (Å²) in [6, 6.07) is 9.30. The molecule has 0 spiro atoms. The number of hydrogen-bond donors (Lipinski definition) is 2. The van der Waals surface area contributed by atoms with Crippen molar-refractivity contribution in [2.24, 2.45) is 5.73 Å². The van der Waals surface area contributed by atoms with Crippen LogP contribution < -0.4 is 11.1 Å². The SMILES string of the molecule is Cl.NC1(C(=O)Nc2ccnn2Cc2cccc(Cl)c2)CC1. The minimum Gasteiger partial charge on any atom is -0.317 e. The predicted molar refractivity (Wildman–Crippen MR) is 84.8 cm³/mol. The van der Waals surface area contributed by atoms with Crippen LogP contribution in [0.25, 0.3) is 0 Å². The average Bonchev–Trinajstić information content (AvgIpc) is 3.02. The minimum atomic E-state index is -0.689. The van der Waals surface area contributed by atoms with E-state index in [1.54, 1.807) is 16.9 Å². The van der Waals surface area contributed by atoms with Gasteiger partial charge in [-0.15, -0.1) is 12.4 Å². The smallest absolute Gasteiger partial charge is 0.245 e. The highest BCUT2D eigenvalue weighted by Gasteiger charge is 2.46. The van der Waals surface area contributed by atoms with E-state index < -0.39 is 5.54 Å². The van der Waals surface area contributed by atoms with Gasteiger partial charge in [0.15, 0.2) is 0 Å². The molecule has 0 saturated heterocycles. The zero-order chi connectivity index (χ0) is 14.2. The molecule has 7 heteroatoms. The number of benzene rings is 1. The maximum Gasteiger partial charge on any atom is 0.245 e. The number of hydrogen-bond acceptors (Lipinski definition) is 3. The molecule has 112 valence electrons. The van der Waals surface area contributed by atoms with Gasteiger partial charge in [-0.3, -0.25) is 4.79 Å². The van der Waals surface area contributed by atoms with Crippen LogP contribution in [0.1, 0.15) is 18.4 Å². The van der Waals surface area contributed by atoms with Gasteiger partial charge in [-0.05, 0) is 30.5 Å². The molecule has 0 radical (unpaired) electrons. The van der Waals surface area contributed by atoms with Crippen molar-refractivity contribution in [3.8, 4) is 0 Å². The molecule has 5 nitrogen and oxygen atoms in total. The number of anilines is 1. The van der Waals surface area contributed by atoms with Crippen LogP contribution in [0.2, 0.25) is 5.02 Å². The number of halogens is 2. The molecule has 0 bridgehead atoms. The molecule has 3 N–H and O–H groups in total. The molecule has 1 heterocycles. The first kappa shape index (κ1) is 15.8. The zero-order valence-corrected chi connectivity index (χ0v) is 12.8. The number of nitrogens with zero attached hydrogens (tertiary/aromatic N) is 2. The topological polar surface area (TPSA) is 72.9 Å². The molecule has 1 aliphatic carbocycles. The van der Waals surface area contributed by atoms with Crippen LogP contribution in [-0.2, 0) is 11.3 Å². The third-order valence-corrected chi connectivity index (χ3v) is 3.66. The molecule has 21 heavy (non-hydrogen) atoms. The lowest BCUT2D eigenvalue weighted by Crippen LogP contribution is -2.38. The monoisotopic (exact) mass is 326 g/mol. The van der Waals surface area contributed by atoms with Crippen LogP contribution in [0, 0.1) is 0 Å². The van der Waals surface area contributed by atoms with Gasteiger partial charge in [-0.1, -0.05) is 23.7 Å². The Kier molecular flexibility index (Phi) is 4.56. The van der Waals surface area contributed by atoms with Crippen molar-refractivity contribution < 1.29 is 4.79 Å². The van der Waals surface area contributed by atoms with Crippen molar-refractivity contribution in [2.45, 2.75) is 24.9 Å². The fourth-order valence-corrected chi connectivity index (χ4v) is 2.19.